The lowest BCUT2D eigenvalue weighted by Gasteiger charge is -2.59. The van der Waals surface area contributed by atoms with E-state index in [0.717, 1.165) is 18.1 Å². The van der Waals surface area contributed by atoms with Gasteiger partial charge < -0.3 is 24.8 Å². The van der Waals surface area contributed by atoms with Crippen LogP contribution in [0.4, 0.5) is 0 Å². The summed E-state index contributed by atoms with van der Waals surface area (Å²) >= 11 is 0. The molecule has 8 nitrogen and oxygen atoms in total. The van der Waals surface area contributed by atoms with E-state index in [1.807, 2.05) is 0 Å². The monoisotopic (exact) mass is 520 g/mol. The van der Waals surface area contributed by atoms with Crippen molar-refractivity contribution in [3.63, 3.8) is 0 Å². The molecule has 3 aliphatic carbocycles. The molecule has 2 aromatic rings. The van der Waals surface area contributed by atoms with Crippen LogP contribution in [0.5, 0.6) is 5.75 Å². The van der Waals surface area contributed by atoms with Gasteiger partial charge in [0.25, 0.3) is 0 Å². The Kier molecular flexibility index (Phi) is 5.42. The number of phenolic OH excluding ortho intramolecular Hbond substituents is 1. The maximum atomic E-state index is 14.3. The molecule has 38 heavy (non-hydrogen) atoms. The van der Waals surface area contributed by atoms with Crippen molar-refractivity contribution in [1.29, 1.82) is 0 Å². The summed E-state index contributed by atoms with van der Waals surface area (Å²) in [6, 6.07) is 3.55. The van der Waals surface area contributed by atoms with Crippen molar-refractivity contribution < 1.29 is 39.2 Å². The van der Waals surface area contributed by atoms with Crippen molar-refractivity contribution in [3.05, 3.63) is 58.3 Å². The number of fused-ring (bicyclic) bond motifs is 3. The molecule has 1 heterocycles. The maximum Gasteiger partial charge on any atom is 0.203 e. The van der Waals surface area contributed by atoms with E-state index in [-0.39, 0.29) is 35.6 Å². The first-order chi connectivity index (χ1) is 17.6. The molecular weight excluding hydrogens is 488 g/mol. The molecular formula is C30H32O8. The average molecular weight is 521 g/mol. The molecule has 5 rings (SSSR count). The molecule has 1 aromatic carbocycles. The number of Topliss-reactive ketones (excluding diaryl/α,β-unsaturated/α-hetero) is 3. The Balaban J connectivity index is 1.86. The van der Waals surface area contributed by atoms with Gasteiger partial charge in [0.05, 0.1) is 18.1 Å². The Bertz CT molecular complexity index is 1490. The number of carbonyl (C=O) groups is 3. The number of aryl methyl sites for hydroxylation is 1. The fourth-order valence-electron chi connectivity index (χ4n) is 7.60. The van der Waals surface area contributed by atoms with E-state index in [4.69, 9.17) is 4.42 Å². The van der Waals surface area contributed by atoms with Gasteiger partial charge in [-0.3, -0.25) is 14.4 Å². The van der Waals surface area contributed by atoms with Gasteiger partial charge in [-0.25, -0.2) is 0 Å². The number of aliphatic hydroxyl groups excluding tert-OH is 2. The van der Waals surface area contributed by atoms with Crippen molar-refractivity contribution in [2.75, 3.05) is 0 Å². The smallest absolute Gasteiger partial charge is 0.203 e. The van der Waals surface area contributed by atoms with Crippen molar-refractivity contribution in [1.82, 2.24) is 0 Å². The number of aliphatic hydroxyl groups is 3. The first-order valence-electron chi connectivity index (χ1n) is 12.7. The number of ketones is 3. The summed E-state index contributed by atoms with van der Waals surface area (Å²) in [7, 11) is 0. The van der Waals surface area contributed by atoms with Crippen molar-refractivity contribution in [2.45, 2.75) is 60.0 Å². The molecule has 1 fully saturated rings. The average Bonchev–Trinajstić information content (AvgIpc) is 3.33. The maximum absolute atomic E-state index is 14.3. The van der Waals surface area contributed by atoms with E-state index < -0.39 is 56.8 Å². The lowest BCUT2D eigenvalue weighted by Crippen LogP contribution is -2.69. The van der Waals surface area contributed by atoms with Crippen molar-refractivity contribution in [3.8, 4) is 16.9 Å². The van der Waals surface area contributed by atoms with Gasteiger partial charge in [-0.05, 0) is 61.4 Å². The Morgan fingerprint density at radius 1 is 1.16 bits per heavy atom. The van der Waals surface area contributed by atoms with Gasteiger partial charge in [0.15, 0.2) is 17.2 Å². The molecule has 200 valence electrons. The lowest BCUT2D eigenvalue weighted by atomic mass is 9.43. The highest BCUT2D eigenvalue weighted by Gasteiger charge is 2.72. The van der Waals surface area contributed by atoms with Crippen LogP contribution in [-0.2, 0) is 20.8 Å². The highest BCUT2D eigenvalue weighted by Crippen LogP contribution is 2.65. The fourth-order valence-corrected chi connectivity index (χ4v) is 7.60. The van der Waals surface area contributed by atoms with Crippen LogP contribution in [0.3, 0.4) is 0 Å². The zero-order chi connectivity index (χ0) is 28.1. The van der Waals surface area contributed by atoms with Crippen LogP contribution in [0.25, 0.3) is 16.9 Å². The standard InChI is InChI=1S/C30H32O8/c1-13(2)21-24(33)19(15(4)31)26(35)30(37)27(36)22-25(34)20-18(10-28(22,5)12-29(21,30)6)17(9-14(3)23(20)32)16-7-8-38-11-16/h7-9,11,13,21,32,34-35,37H,10,12H2,1-6H3/t21?,28-,29-,30+/m1/s1. The van der Waals surface area contributed by atoms with Crippen LogP contribution >= 0.6 is 0 Å². The van der Waals surface area contributed by atoms with E-state index >= 15 is 0 Å². The Morgan fingerprint density at radius 2 is 1.82 bits per heavy atom. The summed E-state index contributed by atoms with van der Waals surface area (Å²) in [4.78, 5) is 40.4. The minimum absolute atomic E-state index is 0.0460. The highest BCUT2D eigenvalue weighted by molar-refractivity contribution is 6.24. The number of furan rings is 1. The summed E-state index contributed by atoms with van der Waals surface area (Å²) in [5.74, 6) is -5.31. The molecule has 0 saturated heterocycles. The number of aromatic hydroxyl groups is 1. The third-order valence-electron chi connectivity index (χ3n) is 9.03. The summed E-state index contributed by atoms with van der Waals surface area (Å²) < 4.78 is 5.28. The number of hydrogen-bond acceptors (Lipinski definition) is 8. The van der Waals surface area contributed by atoms with E-state index in [1.165, 1.54) is 6.26 Å². The van der Waals surface area contributed by atoms with Crippen molar-refractivity contribution >= 4 is 23.1 Å². The number of hydrogen-bond donors (Lipinski definition) is 4. The molecule has 1 saturated carbocycles. The molecule has 1 aromatic heterocycles. The van der Waals surface area contributed by atoms with Gasteiger partial charge >= 0.3 is 0 Å². The normalized spacial score (nSPS) is 30.9. The third kappa shape index (κ3) is 2.98. The van der Waals surface area contributed by atoms with Gasteiger partial charge in [-0.2, -0.15) is 0 Å². The fraction of sp³-hybridized carbons (Fsp3) is 0.433. The second-order valence-electron chi connectivity index (χ2n) is 11.9. The van der Waals surface area contributed by atoms with E-state index in [9.17, 15) is 34.8 Å². The van der Waals surface area contributed by atoms with E-state index in [2.05, 4.69) is 0 Å². The van der Waals surface area contributed by atoms with Gasteiger partial charge in [-0.15, -0.1) is 0 Å². The SMILES string of the molecule is CC(=O)C1=C(O)[C@]2(O)C(=O)C3=C(O)c4c(O)c(C)cc(-c5ccoc5)c4C[C@]3(C)C[C@]2(C)C(C(C)C)C1=O. The molecule has 3 aliphatic rings. The van der Waals surface area contributed by atoms with Crippen LogP contribution in [-0.4, -0.2) is 43.4 Å². The number of carbonyl (C=O) groups excluding carboxylic acids is 3. The molecule has 0 bridgehead atoms. The summed E-state index contributed by atoms with van der Waals surface area (Å²) in [5.41, 5.74) is -3.31. The Morgan fingerprint density at radius 3 is 2.37 bits per heavy atom. The number of allylic oxidation sites excluding steroid dienone is 1. The minimum Gasteiger partial charge on any atom is -0.508 e. The lowest BCUT2D eigenvalue weighted by molar-refractivity contribution is -0.178. The minimum atomic E-state index is -2.62. The largest absolute Gasteiger partial charge is 0.508 e. The Hall–Kier alpha value is -3.65. The second-order valence-corrected chi connectivity index (χ2v) is 11.9. The zero-order valence-electron chi connectivity index (χ0n) is 22.3. The molecule has 0 spiro atoms. The third-order valence-corrected chi connectivity index (χ3v) is 9.03. The molecule has 4 atom stereocenters. The first-order valence-corrected chi connectivity index (χ1v) is 12.7. The van der Waals surface area contributed by atoms with Crippen LogP contribution in [0.1, 0.15) is 57.7 Å². The predicted octanol–water partition coefficient (Wildman–Crippen LogP) is 4.76. The van der Waals surface area contributed by atoms with Gasteiger partial charge in [-0.1, -0.05) is 27.7 Å². The van der Waals surface area contributed by atoms with Gasteiger partial charge in [0, 0.05) is 27.9 Å². The summed E-state index contributed by atoms with van der Waals surface area (Å²) in [5, 5.41) is 46.0. The molecule has 0 aliphatic heterocycles. The number of phenols is 1. The quantitative estimate of drug-likeness (QED) is 0.424. The van der Waals surface area contributed by atoms with Crippen molar-refractivity contribution in [2.24, 2.45) is 22.7 Å². The molecule has 8 heteroatoms. The summed E-state index contributed by atoms with van der Waals surface area (Å²) in [6.45, 7) is 9.71. The highest BCUT2D eigenvalue weighted by atomic mass is 16.3. The first kappa shape index (κ1) is 26.0. The zero-order valence-corrected chi connectivity index (χ0v) is 22.3. The van der Waals surface area contributed by atoms with Gasteiger partial charge in [0.2, 0.25) is 5.78 Å². The van der Waals surface area contributed by atoms with Gasteiger partial charge in [0.1, 0.15) is 22.8 Å². The number of benzene rings is 1. The topological polar surface area (TPSA) is 145 Å². The molecule has 4 N–H and O–H groups in total. The predicted molar refractivity (Wildman–Crippen MR) is 138 cm³/mol. The number of rotatable bonds is 3. The van der Waals surface area contributed by atoms with E-state index in [0.29, 0.717) is 11.1 Å². The van der Waals surface area contributed by atoms with Crippen LogP contribution in [0.15, 0.2) is 46.0 Å². The van der Waals surface area contributed by atoms with Crippen LogP contribution in [0.2, 0.25) is 0 Å². The molecule has 0 radical (unpaired) electrons. The second kappa shape index (κ2) is 7.93. The molecule has 1 unspecified atom stereocenters. The summed E-state index contributed by atoms with van der Waals surface area (Å²) in [6.07, 6.45) is 3.32. The Labute approximate surface area is 220 Å². The van der Waals surface area contributed by atoms with Crippen LogP contribution < -0.4 is 0 Å². The van der Waals surface area contributed by atoms with E-state index in [1.54, 1.807) is 53.0 Å². The van der Waals surface area contributed by atoms with Crippen LogP contribution in [0, 0.1) is 29.6 Å². The molecule has 0 amide bonds.